The Morgan fingerprint density at radius 2 is 1.84 bits per heavy atom. The van der Waals surface area contributed by atoms with Gasteiger partial charge in [0.05, 0.1) is 11.2 Å². The van der Waals surface area contributed by atoms with E-state index in [-0.39, 0.29) is 11.9 Å². The summed E-state index contributed by atoms with van der Waals surface area (Å²) in [6.45, 7) is 0. The van der Waals surface area contributed by atoms with E-state index in [0.717, 1.165) is 34.1 Å². The fourth-order valence-electron chi connectivity index (χ4n) is 4.21. The van der Waals surface area contributed by atoms with Gasteiger partial charge in [0, 0.05) is 34.0 Å². The summed E-state index contributed by atoms with van der Waals surface area (Å²) in [6, 6.07) is 24.1. The van der Waals surface area contributed by atoms with Gasteiger partial charge in [0.15, 0.2) is 5.82 Å². The zero-order chi connectivity index (χ0) is 21.5. The van der Waals surface area contributed by atoms with Crippen LogP contribution in [0.3, 0.4) is 0 Å². The lowest BCUT2D eigenvalue weighted by atomic mass is 10.0. The Bertz CT molecular complexity index is 1410. The molecule has 1 saturated carbocycles. The molecule has 6 rings (SSSR count). The fraction of sp³-hybridized carbons (Fsp3) is 0.120. The standard InChI is InChI=1S/C25H20N6O/c32-25(28-22-13-19(22)15-5-2-1-3-6-15)18-8-4-7-16(11-18)23-20-12-17(24-26-14-27-31-24)9-10-21(20)29-30-23/h1-12,14,19,22H,13H2,(H,28,32)(H,29,30)(H,26,27,31)/t19-,22?/m1/s1. The number of rotatable bonds is 5. The van der Waals surface area contributed by atoms with E-state index in [4.69, 9.17) is 0 Å². The largest absolute Gasteiger partial charge is 0.349 e. The second-order valence-electron chi connectivity index (χ2n) is 8.08. The lowest BCUT2D eigenvalue weighted by Crippen LogP contribution is -2.26. The predicted octanol–water partition coefficient (Wildman–Crippen LogP) is 4.30. The van der Waals surface area contributed by atoms with E-state index in [1.54, 1.807) is 0 Å². The minimum Gasteiger partial charge on any atom is -0.349 e. The maximum Gasteiger partial charge on any atom is 0.251 e. The number of benzene rings is 3. The van der Waals surface area contributed by atoms with Gasteiger partial charge < -0.3 is 5.32 Å². The lowest BCUT2D eigenvalue weighted by molar-refractivity contribution is 0.0950. The first kappa shape index (κ1) is 18.5. The van der Waals surface area contributed by atoms with Crippen LogP contribution in [0.2, 0.25) is 0 Å². The van der Waals surface area contributed by atoms with Crippen molar-refractivity contribution in [2.45, 2.75) is 18.4 Å². The van der Waals surface area contributed by atoms with Crippen molar-refractivity contribution in [1.29, 1.82) is 0 Å². The summed E-state index contributed by atoms with van der Waals surface area (Å²) < 4.78 is 0. The second-order valence-corrected chi connectivity index (χ2v) is 8.08. The molecule has 0 radical (unpaired) electrons. The minimum atomic E-state index is -0.0579. The molecule has 3 aromatic carbocycles. The number of amides is 1. The number of H-pyrrole nitrogens is 2. The quantitative estimate of drug-likeness (QED) is 0.395. The van der Waals surface area contributed by atoms with Crippen molar-refractivity contribution in [2.24, 2.45) is 0 Å². The molecule has 2 heterocycles. The molecule has 1 fully saturated rings. The Morgan fingerprint density at radius 3 is 2.69 bits per heavy atom. The summed E-state index contributed by atoms with van der Waals surface area (Å²) in [5.74, 6) is 1.04. The molecule has 2 aromatic heterocycles. The van der Waals surface area contributed by atoms with Crippen LogP contribution in [0, 0.1) is 0 Å². The second kappa shape index (κ2) is 7.46. The van der Waals surface area contributed by atoms with Crippen LogP contribution in [0.4, 0.5) is 0 Å². The number of carbonyl (C=O) groups excluding carboxylic acids is 1. The van der Waals surface area contributed by atoms with E-state index in [1.807, 2.05) is 60.7 Å². The average Bonchev–Trinajstić information content (AvgIpc) is 3.22. The molecule has 1 aliphatic rings. The van der Waals surface area contributed by atoms with Crippen molar-refractivity contribution in [3.05, 3.63) is 90.3 Å². The van der Waals surface area contributed by atoms with Gasteiger partial charge in [-0.1, -0.05) is 42.5 Å². The number of nitrogens with one attached hydrogen (secondary N) is 3. The zero-order valence-electron chi connectivity index (χ0n) is 17.1. The summed E-state index contributed by atoms with van der Waals surface area (Å²) in [6.07, 6.45) is 2.46. The molecule has 0 bridgehead atoms. The molecular weight excluding hydrogens is 400 g/mol. The van der Waals surface area contributed by atoms with Gasteiger partial charge in [-0.25, -0.2) is 4.98 Å². The van der Waals surface area contributed by atoms with Crippen molar-refractivity contribution >= 4 is 16.8 Å². The monoisotopic (exact) mass is 420 g/mol. The molecule has 156 valence electrons. The number of hydrogen-bond donors (Lipinski definition) is 3. The average molecular weight is 420 g/mol. The van der Waals surface area contributed by atoms with Crippen molar-refractivity contribution in [1.82, 2.24) is 30.7 Å². The third-order valence-corrected chi connectivity index (χ3v) is 5.98. The van der Waals surface area contributed by atoms with Crippen LogP contribution in [-0.4, -0.2) is 37.3 Å². The first-order valence-corrected chi connectivity index (χ1v) is 10.6. The van der Waals surface area contributed by atoms with Crippen molar-refractivity contribution in [3.8, 4) is 22.6 Å². The molecule has 7 nitrogen and oxygen atoms in total. The number of aromatic nitrogens is 5. The number of fused-ring (bicyclic) bond motifs is 1. The van der Waals surface area contributed by atoms with Gasteiger partial charge in [0.25, 0.3) is 5.91 Å². The van der Waals surface area contributed by atoms with E-state index in [2.05, 4.69) is 42.8 Å². The van der Waals surface area contributed by atoms with Crippen LogP contribution < -0.4 is 5.32 Å². The first-order valence-electron chi connectivity index (χ1n) is 10.6. The van der Waals surface area contributed by atoms with Crippen LogP contribution in [-0.2, 0) is 0 Å². The third-order valence-electron chi connectivity index (χ3n) is 5.98. The summed E-state index contributed by atoms with van der Waals surface area (Å²) in [5.41, 5.74) is 5.42. The SMILES string of the molecule is O=C(NC1C[C@@H]1c1ccccc1)c1cccc(-c2n[nH]c3ccc(-c4ncn[nH]4)cc23)c1. The highest BCUT2D eigenvalue weighted by atomic mass is 16.1. The number of carbonyl (C=O) groups is 1. The van der Waals surface area contributed by atoms with Gasteiger partial charge in [0.1, 0.15) is 6.33 Å². The Hall–Kier alpha value is -4.26. The van der Waals surface area contributed by atoms with Crippen LogP contribution in [0.5, 0.6) is 0 Å². The molecule has 1 unspecified atom stereocenters. The van der Waals surface area contributed by atoms with E-state index in [0.29, 0.717) is 17.3 Å². The Kier molecular flexibility index (Phi) is 4.31. The highest BCUT2D eigenvalue weighted by Gasteiger charge is 2.39. The van der Waals surface area contributed by atoms with E-state index >= 15 is 0 Å². The van der Waals surface area contributed by atoms with Gasteiger partial charge in [-0.2, -0.15) is 10.2 Å². The van der Waals surface area contributed by atoms with Crippen molar-refractivity contribution in [3.63, 3.8) is 0 Å². The molecule has 0 spiro atoms. The Labute approximate surface area is 183 Å². The van der Waals surface area contributed by atoms with E-state index < -0.39 is 0 Å². The third kappa shape index (κ3) is 3.33. The molecule has 2 atom stereocenters. The lowest BCUT2D eigenvalue weighted by Gasteiger charge is -2.07. The van der Waals surface area contributed by atoms with Gasteiger partial charge in [-0.3, -0.25) is 15.0 Å². The smallest absolute Gasteiger partial charge is 0.251 e. The van der Waals surface area contributed by atoms with E-state index in [1.165, 1.54) is 11.9 Å². The number of nitrogens with zero attached hydrogens (tertiary/aromatic N) is 3. The predicted molar refractivity (Wildman–Crippen MR) is 122 cm³/mol. The summed E-state index contributed by atoms with van der Waals surface area (Å²) >= 11 is 0. The first-order chi connectivity index (χ1) is 15.8. The van der Waals surface area contributed by atoms with Crippen LogP contribution in [0.15, 0.2) is 79.1 Å². The highest BCUT2D eigenvalue weighted by Crippen LogP contribution is 2.40. The number of hydrogen-bond acceptors (Lipinski definition) is 4. The molecule has 5 aromatic rings. The van der Waals surface area contributed by atoms with Gasteiger partial charge in [0.2, 0.25) is 0 Å². The molecular formula is C25H20N6O. The Morgan fingerprint density at radius 1 is 0.938 bits per heavy atom. The Balaban J connectivity index is 1.26. The molecule has 1 aliphatic carbocycles. The highest BCUT2D eigenvalue weighted by molar-refractivity contribution is 5.99. The topological polar surface area (TPSA) is 99.3 Å². The molecule has 1 amide bonds. The van der Waals surface area contributed by atoms with Gasteiger partial charge >= 0.3 is 0 Å². The van der Waals surface area contributed by atoms with Gasteiger partial charge in [-0.15, -0.1) is 0 Å². The molecule has 32 heavy (non-hydrogen) atoms. The van der Waals surface area contributed by atoms with Crippen LogP contribution in [0.1, 0.15) is 28.3 Å². The van der Waals surface area contributed by atoms with E-state index in [9.17, 15) is 4.79 Å². The summed E-state index contributed by atoms with van der Waals surface area (Å²) in [7, 11) is 0. The normalized spacial score (nSPS) is 17.4. The molecule has 7 heteroatoms. The number of aromatic amines is 2. The van der Waals surface area contributed by atoms with Crippen molar-refractivity contribution in [2.75, 3.05) is 0 Å². The molecule has 3 N–H and O–H groups in total. The molecule has 0 saturated heterocycles. The summed E-state index contributed by atoms with van der Waals surface area (Å²) in [5, 5.41) is 18.5. The molecule has 0 aliphatic heterocycles. The minimum absolute atomic E-state index is 0.0579. The zero-order valence-corrected chi connectivity index (χ0v) is 17.1. The van der Waals surface area contributed by atoms with Crippen LogP contribution >= 0.6 is 0 Å². The maximum atomic E-state index is 12.9. The van der Waals surface area contributed by atoms with Crippen molar-refractivity contribution < 1.29 is 4.79 Å². The summed E-state index contributed by atoms with van der Waals surface area (Å²) in [4.78, 5) is 17.1. The van der Waals surface area contributed by atoms with Gasteiger partial charge in [-0.05, 0) is 42.3 Å². The fourth-order valence-corrected chi connectivity index (χ4v) is 4.21. The maximum absolute atomic E-state index is 12.9. The van der Waals surface area contributed by atoms with Crippen LogP contribution in [0.25, 0.3) is 33.5 Å².